The predicted molar refractivity (Wildman–Crippen MR) is 80.3 cm³/mol. The summed E-state index contributed by atoms with van der Waals surface area (Å²) in [6.45, 7) is 4.81. The van der Waals surface area contributed by atoms with E-state index < -0.39 is 0 Å². The molecule has 0 saturated carbocycles. The molecule has 1 amide bonds. The maximum atomic E-state index is 14.1. The first-order valence-corrected chi connectivity index (χ1v) is 6.75. The number of halogens is 1. The lowest BCUT2D eigenvalue weighted by atomic mass is 10.1. The standard InChI is InChI=1S/C15H24FN3O/c1-11(2)17-9-12-7-6-8-13(16)15(12)19(5)10-14(20)18(3)4/h6-8,11,17H,9-10H2,1-5H3. The molecule has 0 fully saturated rings. The molecule has 0 aliphatic rings. The quantitative estimate of drug-likeness (QED) is 0.864. The maximum Gasteiger partial charge on any atom is 0.241 e. The van der Waals surface area contributed by atoms with Gasteiger partial charge in [-0.05, 0) is 11.6 Å². The molecule has 0 heterocycles. The topological polar surface area (TPSA) is 35.6 Å². The minimum atomic E-state index is -0.304. The molecule has 112 valence electrons. The molecule has 1 aromatic rings. The largest absolute Gasteiger partial charge is 0.363 e. The lowest BCUT2D eigenvalue weighted by Gasteiger charge is -2.24. The average molecular weight is 281 g/mol. The Kier molecular flexibility index (Phi) is 5.95. The van der Waals surface area contributed by atoms with Gasteiger partial charge in [-0.1, -0.05) is 26.0 Å². The molecule has 5 heteroatoms. The lowest BCUT2D eigenvalue weighted by molar-refractivity contribution is -0.127. The Labute approximate surface area is 120 Å². The van der Waals surface area contributed by atoms with Crippen LogP contribution in [-0.2, 0) is 11.3 Å². The van der Waals surface area contributed by atoms with E-state index in [-0.39, 0.29) is 18.3 Å². The molecule has 0 aliphatic heterocycles. The molecule has 20 heavy (non-hydrogen) atoms. The van der Waals surface area contributed by atoms with Gasteiger partial charge < -0.3 is 15.1 Å². The summed E-state index contributed by atoms with van der Waals surface area (Å²) in [6.07, 6.45) is 0. The van der Waals surface area contributed by atoms with Crippen LogP contribution in [0.4, 0.5) is 10.1 Å². The zero-order valence-electron chi connectivity index (χ0n) is 12.9. The number of carbonyl (C=O) groups is 1. The lowest BCUT2D eigenvalue weighted by Crippen LogP contribution is -2.35. The van der Waals surface area contributed by atoms with Gasteiger partial charge in [0.25, 0.3) is 0 Å². The highest BCUT2D eigenvalue weighted by Crippen LogP contribution is 2.23. The maximum absolute atomic E-state index is 14.1. The van der Waals surface area contributed by atoms with E-state index in [0.717, 1.165) is 5.56 Å². The molecule has 1 N–H and O–H groups in total. The van der Waals surface area contributed by atoms with E-state index in [1.54, 1.807) is 32.1 Å². The summed E-state index contributed by atoms with van der Waals surface area (Å²) < 4.78 is 14.1. The number of benzene rings is 1. The Morgan fingerprint density at radius 3 is 2.50 bits per heavy atom. The number of rotatable bonds is 6. The smallest absolute Gasteiger partial charge is 0.241 e. The summed E-state index contributed by atoms with van der Waals surface area (Å²) in [6, 6.07) is 5.31. The van der Waals surface area contributed by atoms with E-state index in [4.69, 9.17) is 0 Å². The second-order valence-electron chi connectivity index (χ2n) is 5.43. The number of amides is 1. The van der Waals surface area contributed by atoms with Crippen molar-refractivity contribution >= 4 is 11.6 Å². The third-order valence-corrected chi connectivity index (χ3v) is 3.02. The van der Waals surface area contributed by atoms with E-state index >= 15 is 0 Å². The van der Waals surface area contributed by atoms with Gasteiger partial charge in [0.15, 0.2) is 0 Å². The number of hydrogen-bond donors (Lipinski definition) is 1. The van der Waals surface area contributed by atoms with Crippen LogP contribution in [0.2, 0.25) is 0 Å². The summed E-state index contributed by atoms with van der Waals surface area (Å²) in [5.74, 6) is -0.361. The zero-order chi connectivity index (χ0) is 15.3. The fourth-order valence-corrected chi connectivity index (χ4v) is 1.87. The molecule has 0 aromatic heterocycles. The van der Waals surface area contributed by atoms with Crippen molar-refractivity contribution in [3.8, 4) is 0 Å². The molecule has 0 saturated heterocycles. The molecular formula is C15H24FN3O. The molecule has 0 bridgehead atoms. The number of hydrogen-bond acceptors (Lipinski definition) is 3. The molecule has 0 aliphatic carbocycles. The van der Waals surface area contributed by atoms with Crippen molar-refractivity contribution in [1.29, 1.82) is 0 Å². The van der Waals surface area contributed by atoms with Crippen LogP contribution in [0.25, 0.3) is 0 Å². The van der Waals surface area contributed by atoms with Crippen LogP contribution in [0.15, 0.2) is 18.2 Å². The molecule has 1 aromatic carbocycles. The van der Waals surface area contributed by atoms with Crippen LogP contribution in [0, 0.1) is 5.82 Å². The van der Waals surface area contributed by atoms with Crippen LogP contribution in [0.5, 0.6) is 0 Å². The van der Waals surface area contributed by atoms with Gasteiger partial charge in [0.1, 0.15) is 5.82 Å². The van der Waals surface area contributed by atoms with Crippen LogP contribution < -0.4 is 10.2 Å². The third kappa shape index (κ3) is 4.49. The van der Waals surface area contributed by atoms with E-state index in [2.05, 4.69) is 5.32 Å². The first-order chi connectivity index (χ1) is 9.32. The van der Waals surface area contributed by atoms with Gasteiger partial charge in [0.2, 0.25) is 5.91 Å². The summed E-state index contributed by atoms with van der Waals surface area (Å²) in [7, 11) is 5.12. The minimum absolute atomic E-state index is 0.0569. The summed E-state index contributed by atoms with van der Waals surface area (Å²) in [4.78, 5) is 14.9. The van der Waals surface area contributed by atoms with Gasteiger partial charge in [-0.2, -0.15) is 0 Å². The van der Waals surface area contributed by atoms with Crippen molar-refractivity contribution in [2.75, 3.05) is 32.6 Å². The third-order valence-electron chi connectivity index (χ3n) is 3.02. The Bertz CT molecular complexity index is 460. The number of nitrogens with zero attached hydrogens (tertiary/aromatic N) is 2. The molecule has 4 nitrogen and oxygen atoms in total. The molecule has 0 atom stereocenters. The van der Waals surface area contributed by atoms with E-state index in [1.807, 2.05) is 19.9 Å². The van der Waals surface area contributed by atoms with Crippen molar-refractivity contribution in [3.05, 3.63) is 29.6 Å². The van der Waals surface area contributed by atoms with E-state index in [1.165, 1.54) is 11.0 Å². The zero-order valence-corrected chi connectivity index (χ0v) is 12.9. The van der Waals surface area contributed by atoms with Crippen LogP contribution >= 0.6 is 0 Å². The van der Waals surface area contributed by atoms with Crippen molar-refractivity contribution in [3.63, 3.8) is 0 Å². The van der Waals surface area contributed by atoms with Gasteiger partial charge in [-0.25, -0.2) is 4.39 Å². The van der Waals surface area contributed by atoms with Crippen molar-refractivity contribution in [1.82, 2.24) is 10.2 Å². The second-order valence-corrected chi connectivity index (χ2v) is 5.43. The fourth-order valence-electron chi connectivity index (χ4n) is 1.87. The first kappa shape index (κ1) is 16.4. The number of carbonyl (C=O) groups excluding carboxylic acids is 1. The summed E-state index contributed by atoms with van der Waals surface area (Å²) >= 11 is 0. The van der Waals surface area contributed by atoms with E-state index in [9.17, 15) is 9.18 Å². The predicted octanol–water partition coefficient (Wildman–Crippen LogP) is 1.85. The Morgan fingerprint density at radius 1 is 1.30 bits per heavy atom. The molecule has 0 radical (unpaired) electrons. The van der Waals surface area contributed by atoms with Crippen molar-refractivity contribution in [2.24, 2.45) is 0 Å². The van der Waals surface area contributed by atoms with Gasteiger partial charge >= 0.3 is 0 Å². The fraction of sp³-hybridized carbons (Fsp3) is 0.533. The number of anilines is 1. The number of para-hydroxylation sites is 1. The second kappa shape index (κ2) is 7.24. The van der Waals surface area contributed by atoms with Gasteiger partial charge in [0, 0.05) is 33.7 Å². The highest BCUT2D eigenvalue weighted by Gasteiger charge is 2.16. The Morgan fingerprint density at radius 2 is 1.95 bits per heavy atom. The SMILES string of the molecule is CC(C)NCc1cccc(F)c1N(C)CC(=O)N(C)C. The van der Waals surface area contributed by atoms with Gasteiger partial charge in [0.05, 0.1) is 12.2 Å². The van der Waals surface area contributed by atoms with Crippen LogP contribution in [0.3, 0.4) is 0 Å². The number of likely N-dealkylation sites (N-methyl/N-ethyl adjacent to an activating group) is 2. The highest BCUT2D eigenvalue weighted by atomic mass is 19.1. The van der Waals surface area contributed by atoms with Crippen molar-refractivity contribution in [2.45, 2.75) is 26.4 Å². The molecule has 0 spiro atoms. The molecular weight excluding hydrogens is 257 g/mol. The van der Waals surface area contributed by atoms with Gasteiger partial charge in [-0.15, -0.1) is 0 Å². The van der Waals surface area contributed by atoms with Crippen LogP contribution in [-0.4, -0.2) is 44.5 Å². The monoisotopic (exact) mass is 281 g/mol. The van der Waals surface area contributed by atoms with Gasteiger partial charge in [-0.3, -0.25) is 4.79 Å². The highest BCUT2D eigenvalue weighted by molar-refractivity contribution is 5.81. The van der Waals surface area contributed by atoms with E-state index in [0.29, 0.717) is 18.3 Å². The molecule has 1 rings (SSSR count). The summed E-state index contributed by atoms with van der Waals surface area (Å²) in [5, 5.41) is 3.27. The van der Waals surface area contributed by atoms with Crippen LogP contribution in [0.1, 0.15) is 19.4 Å². The Hall–Kier alpha value is -1.62. The summed E-state index contributed by atoms with van der Waals surface area (Å²) in [5.41, 5.74) is 1.34. The Balaban J connectivity index is 2.93. The van der Waals surface area contributed by atoms with Crippen molar-refractivity contribution < 1.29 is 9.18 Å². The molecule has 0 unspecified atom stereocenters. The average Bonchev–Trinajstić information content (AvgIpc) is 2.35. The minimum Gasteiger partial charge on any atom is -0.363 e. The first-order valence-electron chi connectivity index (χ1n) is 6.75. The number of nitrogens with one attached hydrogen (secondary N) is 1. The normalized spacial score (nSPS) is 10.8.